The van der Waals surface area contributed by atoms with Crippen LogP contribution in [-0.2, 0) is 4.79 Å². The van der Waals surface area contributed by atoms with E-state index in [2.05, 4.69) is 10.6 Å². The summed E-state index contributed by atoms with van der Waals surface area (Å²) in [5, 5.41) is 5.74. The van der Waals surface area contributed by atoms with Gasteiger partial charge in [0.15, 0.2) is 0 Å². The van der Waals surface area contributed by atoms with Crippen LogP contribution in [0, 0.1) is 6.92 Å². The van der Waals surface area contributed by atoms with E-state index in [1.54, 1.807) is 24.3 Å². The van der Waals surface area contributed by atoms with Gasteiger partial charge in [0.25, 0.3) is 5.91 Å². The average molecular weight is 338 g/mol. The maximum Gasteiger partial charge on any atom is 0.251 e. The zero-order valence-electron chi connectivity index (χ0n) is 14.2. The van der Waals surface area contributed by atoms with Crippen molar-refractivity contribution in [1.82, 2.24) is 5.32 Å². The Hall–Kier alpha value is -2.82. The van der Waals surface area contributed by atoms with E-state index in [1.807, 2.05) is 31.2 Å². The molecular weight excluding hydrogens is 316 g/mol. The molecule has 0 spiro atoms. The van der Waals surface area contributed by atoms with Crippen LogP contribution in [0.4, 0.5) is 5.69 Å². The molecule has 130 valence electrons. The summed E-state index contributed by atoms with van der Waals surface area (Å²) in [6.45, 7) is 2.27. The van der Waals surface area contributed by atoms with Gasteiger partial charge in [-0.1, -0.05) is 24.3 Å². The van der Waals surface area contributed by atoms with Gasteiger partial charge in [0, 0.05) is 17.3 Å². The lowest BCUT2D eigenvalue weighted by Gasteiger charge is -2.10. The van der Waals surface area contributed by atoms with Crippen LogP contribution in [-0.4, -0.2) is 24.5 Å². The fourth-order valence-electron chi connectivity index (χ4n) is 2.43. The van der Waals surface area contributed by atoms with Crippen molar-refractivity contribution in [2.45, 2.75) is 32.2 Å². The number of carbonyl (C=O) groups is 2. The van der Waals surface area contributed by atoms with Crippen LogP contribution in [0.2, 0.25) is 0 Å². The molecule has 2 N–H and O–H groups in total. The van der Waals surface area contributed by atoms with E-state index in [-0.39, 0.29) is 18.2 Å². The summed E-state index contributed by atoms with van der Waals surface area (Å²) in [7, 11) is 0. The largest absolute Gasteiger partial charge is 0.493 e. The highest BCUT2D eigenvalue weighted by molar-refractivity contribution is 5.97. The Kier molecular flexibility index (Phi) is 5.33. The average Bonchev–Trinajstić information content (AvgIpc) is 3.41. The molecule has 2 aromatic carbocycles. The minimum atomic E-state index is -0.145. The van der Waals surface area contributed by atoms with Crippen molar-refractivity contribution in [2.75, 3.05) is 11.9 Å². The lowest BCUT2D eigenvalue weighted by molar-refractivity contribution is -0.116. The van der Waals surface area contributed by atoms with E-state index in [4.69, 9.17) is 4.74 Å². The number of rotatable bonds is 7. The molecule has 0 unspecified atom stereocenters. The van der Waals surface area contributed by atoms with E-state index in [1.165, 1.54) is 0 Å². The summed E-state index contributed by atoms with van der Waals surface area (Å²) in [4.78, 5) is 24.1. The van der Waals surface area contributed by atoms with Gasteiger partial charge >= 0.3 is 0 Å². The van der Waals surface area contributed by atoms with Gasteiger partial charge in [-0.05, 0) is 49.6 Å². The third kappa shape index (κ3) is 5.08. The summed E-state index contributed by atoms with van der Waals surface area (Å²) in [5.41, 5.74) is 2.21. The molecule has 5 heteroatoms. The molecule has 1 saturated carbocycles. The van der Waals surface area contributed by atoms with Gasteiger partial charge in [-0.2, -0.15) is 0 Å². The van der Waals surface area contributed by atoms with Crippen molar-refractivity contribution in [3.8, 4) is 5.75 Å². The number of aryl methyl sites for hydroxylation is 1. The summed E-state index contributed by atoms with van der Waals surface area (Å²) in [6, 6.07) is 15.0. The second kappa shape index (κ2) is 7.83. The van der Waals surface area contributed by atoms with Crippen molar-refractivity contribution < 1.29 is 14.3 Å². The molecule has 2 aromatic rings. The van der Waals surface area contributed by atoms with Gasteiger partial charge in [0.05, 0.1) is 13.0 Å². The molecule has 0 saturated heterocycles. The topological polar surface area (TPSA) is 67.4 Å². The number of para-hydroxylation sites is 1. The maximum atomic E-state index is 12.1. The van der Waals surface area contributed by atoms with Gasteiger partial charge < -0.3 is 15.4 Å². The number of hydrogen-bond donors (Lipinski definition) is 2. The van der Waals surface area contributed by atoms with Gasteiger partial charge in [-0.15, -0.1) is 0 Å². The maximum absolute atomic E-state index is 12.1. The van der Waals surface area contributed by atoms with Gasteiger partial charge in [0.2, 0.25) is 5.91 Å². The third-order valence-electron chi connectivity index (χ3n) is 4.00. The minimum Gasteiger partial charge on any atom is -0.493 e. The fraction of sp³-hybridized carbons (Fsp3) is 0.300. The van der Waals surface area contributed by atoms with Gasteiger partial charge in [-0.3, -0.25) is 9.59 Å². The van der Waals surface area contributed by atoms with E-state index in [0.29, 0.717) is 23.9 Å². The predicted octanol–water partition coefficient (Wildman–Crippen LogP) is 3.29. The normalized spacial score (nSPS) is 13.2. The fourth-order valence-corrected chi connectivity index (χ4v) is 2.43. The van der Waals surface area contributed by atoms with Crippen LogP contribution in [0.5, 0.6) is 5.75 Å². The van der Waals surface area contributed by atoms with Crippen LogP contribution in [0.25, 0.3) is 0 Å². The van der Waals surface area contributed by atoms with Crippen LogP contribution >= 0.6 is 0 Å². The molecule has 0 heterocycles. The van der Waals surface area contributed by atoms with Crippen molar-refractivity contribution in [3.05, 3.63) is 59.7 Å². The highest BCUT2D eigenvalue weighted by atomic mass is 16.5. The first-order valence-electron chi connectivity index (χ1n) is 8.51. The van der Waals surface area contributed by atoms with Crippen LogP contribution < -0.4 is 15.4 Å². The monoisotopic (exact) mass is 338 g/mol. The molecule has 0 aromatic heterocycles. The van der Waals surface area contributed by atoms with Crippen LogP contribution in [0.3, 0.4) is 0 Å². The first-order valence-corrected chi connectivity index (χ1v) is 8.51. The van der Waals surface area contributed by atoms with E-state index in [9.17, 15) is 9.59 Å². The second-order valence-corrected chi connectivity index (χ2v) is 6.24. The van der Waals surface area contributed by atoms with E-state index in [0.717, 1.165) is 24.2 Å². The highest BCUT2D eigenvalue weighted by Gasteiger charge is 2.23. The Morgan fingerprint density at radius 2 is 1.92 bits per heavy atom. The van der Waals surface area contributed by atoms with E-state index >= 15 is 0 Å². The molecule has 1 aliphatic rings. The summed E-state index contributed by atoms with van der Waals surface area (Å²) < 4.78 is 5.63. The standard InChI is InChI=1S/C20H22N2O3/c1-14-5-2-3-8-18(14)25-12-11-19(23)21-17-7-4-6-15(13-17)20(24)22-16-9-10-16/h2-8,13,16H,9-12H2,1H3,(H,21,23)(H,22,24). The van der Waals surface area contributed by atoms with Gasteiger partial charge in [0.1, 0.15) is 5.75 Å². The molecule has 0 aliphatic heterocycles. The van der Waals surface area contributed by atoms with Gasteiger partial charge in [-0.25, -0.2) is 0 Å². The van der Waals surface area contributed by atoms with Crippen molar-refractivity contribution >= 4 is 17.5 Å². The Balaban J connectivity index is 1.49. The number of anilines is 1. The summed E-state index contributed by atoms with van der Waals surface area (Å²) in [5.74, 6) is 0.545. The lowest BCUT2D eigenvalue weighted by Crippen LogP contribution is -2.25. The molecule has 0 radical (unpaired) electrons. The number of nitrogens with one attached hydrogen (secondary N) is 2. The number of amides is 2. The number of hydrogen-bond acceptors (Lipinski definition) is 3. The Bertz CT molecular complexity index is 769. The number of carbonyl (C=O) groups excluding carboxylic acids is 2. The SMILES string of the molecule is Cc1ccccc1OCCC(=O)Nc1cccc(C(=O)NC2CC2)c1. The molecule has 5 nitrogen and oxygen atoms in total. The zero-order valence-corrected chi connectivity index (χ0v) is 14.2. The van der Waals surface area contributed by atoms with Crippen LogP contribution in [0.1, 0.15) is 35.2 Å². The van der Waals surface area contributed by atoms with Crippen molar-refractivity contribution in [3.63, 3.8) is 0 Å². The van der Waals surface area contributed by atoms with Crippen molar-refractivity contribution in [1.29, 1.82) is 0 Å². The minimum absolute atomic E-state index is 0.0958. The number of benzene rings is 2. The smallest absolute Gasteiger partial charge is 0.251 e. The Labute approximate surface area is 147 Å². The second-order valence-electron chi connectivity index (χ2n) is 6.24. The Morgan fingerprint density at radius 3 is 2.68 bits per heavy atom. The Morgan fingerprint density at radius 1 is 1.12 bits per heavy atom. The molecule has 0 atom stereocenters. The van der Waals surface area contributed by atoms with Crippen molar-refractivity contribution in [2.24, 2.45) is 0 Å². The molecular formula is C20H22N2O3. The molecule has 1 fully saturated rings. The molecule has 2 amide bonds. The quantitative estimate of drug-likeness (QED) is 0.814. The number of ether oxygens (including phenoxy) is 1. The highest BCUT2D eigenvalue weighted by Crippen LogP contribution is 2.20. The lowest BCUT2D eigenvalue weighted by atomic mass is 10.2. The summed E-state index contributed by atoms with van der Waals surface area (Å²) >= 11 is 0. The first-order chi connectivity index (χ1) is 12.1. The molecule has 0 bridgehead atoms. The third-order valence-corrected chi connectivity index (χ3v) is 4.00. The molecule has 25 heavy (non-hydrogen) atoms. The van der Waals surface area contributed by atoms with Crippen LogP contribution in [0.15, 0.2) is 48.5 Å². The molecule has 3 rings (SSSR count). The zero-order chi connectivity index (χ0) is 17.6. The predicted molar refractivity (Wildman–Crippen MR) is 96.9 cm³/mol. The first kappa shape index (κ1) is 17.0. The van der Waals surface area contributed by atoms with E-state index < -0.39 is 0 Å². The molecule has 1 aliphatic carbocycles. The summed E-state index contributed by atoms with van der Waals surface area (Å²) in [6.07, 6.45) is 2.33.